The van der Waals surface area contributed by atoms with Gasteiger partial charge in [-0.2, -0.15) is 0 Å². The van der Waals surface area contributed by atoms with Crippen LogP contribution in [0.1, 0.15) is 5.69 Å². The lowest BCUT2D eigenvalue weighted by Crippen LogP contribution is -1.99. The minimum Gasteiger partial charge on any atom is -0.397 e. The van der Waals surface area contributed by atoms with E-state index in [2.05, 4.69) is 10.3 Å². The minimum absolute atomic E-state index is 0.434. The smallest absolute Gasteiger partial charge is 0.130 e. The normalized spacial score (nSPS) is 10.4. The van der Waals surface area contributed by atoms with Gasteiger partial charge >= 0.3 is 0 Å². The number of nitrogens with one attached hydrogen (secondary N) is 1. The predicted molar refractivity (Wildman–Crippen MR) is 78.1 cm³/mol. The van der Waals surface area contributed by atoms with Crippen molar-refractivity contribution in [2.24, 2.45) is 0 Å². The first kappa shape index (κ1) is 13.3. The van der Waals surface area contributed by atoms with Gasteiger partial charge in [0.2, 0.25) is 0 Å². The molecule has 94 valence electrons. The molecule has 2 rings (SSSR count). The highest BCUT2D eigenvalue weighted by Gasteiger charge is 2.09. The summed E-state index contributed by atoms with van der Waals surface area (Å²) in [5, 5.41) is 4.40. The minimum atomic E-state index is 0.434. The Kier molecular flexibility index (Phi) is 3.85. The highest BCUT2D eigenvalue weighted by molar-refractivity contribution is 6.41. The maximum atomic E-state index is 6.07. The van der Waals surface area contributed by atoms with Crippen molar-refractivity contribution in [3.8, 4) is 0 Å². The third kappa shape index (κ3) is 2.80. The van der Waals surface area contributed by atoms with Crippen LogP contribution in [0.5, 0.6) is 0 Å². The summed E-state index contributed by atoms with van der Waals surface area (Å²) in [5.74, 6) is 0.618. The Labute approximate surface area is 120 Å². The fraction of sp³-hybridized carbons (Fsp3) is 0.0833. The molecule has 1 heterocycles. The summed E-state index contributed by atoms with van der Waals surface area (Å²) < 4.78 is 0. The second kappa shape index (κ2) is 5.22. The van der Waals surface area contributed by atoms with Crippen LogP contribution in [0, 0.1) is 6.92 Å². The molecule has 2 aromatic rings. The van der Waals surface area contributed by atoms with Crippen LogP contribution in [0.2, 0.25) is 15.1 Å². The lowest BCUT2D eigenvalue weighted by Gasteiger charge is -2.11. The molecule has 0 spiro atoms. The number of rotatable bonds is 2. The number of aryl methyl sites for hydroxylation is 1. The summed E-state index contributed by atoms with van der Waals surface area (Å²) in [7, 11) is 0. The van der Waals surface area contributed by atoms with E-state index in [-0.39, 0.29) is 0 Å². The SMILES string of the molecule is Cc1nc(Nc2c(Cl)cc(Cl)cc2Cl)ccc1N. The van der Waals surface area contributed by atoms with Gasteiger partial charge < -0.3 is 11.1 Å². The van der Waals surface area contributed by atoms with Gasteiger partial charge in [-0.25, -0.2) is 4.98 Å². The first-order chi connectivity index (χ1) is 8.47. The molecule has 0 radical (unpaired) electrons. The van der Waals surface area contributed by atoms with Crippen LogP contribution in [0.3, 0.4) is 0 Å². The third-order valence-corrected chi connectivity index (χ3v) is 3.20. The van der Waals surface area contributed by atoms with Gasteiger partial charge in [-0.1, -0.05) is 34.8 Å². The van der Waals surface area contributed by atoms with Gasteiger partial charge in [-0.3, -0.25) is 0 Å². The van der Waals surface area contributed by atoms with Crippen molar-refractivity contribution in [3.05, 3.63) is 45.0 Å². The van der Waals surface area contributed by atoms with Crippen molar-refractivity contribution < 1.29 is 0 Å². The summed E-state index contributed by atoms with van der Waals surface area (Å²) in [6.45, 7) is 1.82. The number of halogens is 3. The number of pyridine rings is 1. The number of nitrogen functional groups attached to an aromatic ring is 1. The molecule has 0 saturated carbocycles. The Hall–Kier alpha value is -1.16. The zero-order valence-corrected chi connectivity index (χ0v) is 11.7. The number of nitrogens with two attached hydrogens (primary N) is 1. The Morgan fingerprint density at radius 2 is 1.72 bits per heavy atom. The summed E-state index contributed by atoms with van der Waals surface area (Å²) in [5.41, 5.74) is 7.64. The van der Waals surface area contributed by atoms with Gasteiger partial charge in [0.1, 0.15) is 5.82 Å². The molecule has 0 fully saturated rings. The van der Waals surface area contributed by atoms with E-state index in [1.54, 1.807) is 24.3 Å². The summed E-state index contributed by atoms with van der Waals surface area (Å²) >= 11 is 18.0. The van der Waals surface area contributed by atoms with Crippen molar-refractivity contribution in [1.82, 2.24) is 4.98 Å². The van der Waals surface area contributed by atoms with Crippen molar-refractivity contribution in [2.75, 3.05) is 11.1 Å². The van der Waals surface area contributed by atoms with Crippen LogP contribution < -0.4 is 11.1 Å². The van der Waals surface area contributed by atoms with E-state index in [0.717, 1.165) is 5.69 Å². The Morgan fingerprint density at radius 3 is 2.28 bits per heavy atom. The fourth-order valence-electron chi connectivity index (χ4n) is 1.43. The van der Waals surface area contributed by atoms with Gasteiger partial charge in [-0.15, -0.1) is 0 Å². The van der Waals surface area contributed by atoms with Crippen LogP contribution in [-0.4, -0.2) is 4.98 Å². The third-order valence-electron chi connectivity index (χ3n) is 2.39. The monoisotopic (exact) mass is 301 g/mol. The Balaban J connectivity index is 2.37. The van der Waals surface area contributed by atoms with Gasteiger partial charge in [0, 0.05) is 5.02 Å². The van der Waals surface area contributed by atoms with Crippen molar-refractivity contribution in [3.63, 3.8) is 0 Å². The lowest BCUT2D eigenvalue weighted by molar-refractivity contribution is 1.20. The summed E-state index contributed by atoms with van der Waals surface area (Å²) in [4.78, 5) is 4.29. The van der Waals surface area contributed by atoms with Crippen LogP contribution in [-0.2, 0) is 0 Å². The van der Waals surface area contributed by atoms with Crippen LogP contribution in [0.4, 0.5) is 17.2 Å². The molecule has 1 aromatic heterocycles. The Bertz CT molecular complexity index is 576. The molecule has 0 saturated heterocycles. The van der Waals surface area contributed by atoms with E-state index in [1.165, 1.54) is 0 Å². The second-order valence-corrected chi connectivity index (χ2v) is 4.99. The van der Waals surface area contributed by atoms with Crippen LogP contribution in [0.25, 0.3) is 0 Å². The van der Waals surface area contributed by atoms with E-state index < -0.39 is 0 Å². The maximum absolute atomic E-state index is 6.07. The zero-order valence-electron chi connectivity index (χ0n) is 9.47. The van der Waals surface area contributed by atoms with E-state index in [0.29, 0.717) is 32.3 Å². The molecule has 18 heavy (non-hydrogen) atoms. The number of hydrogen-bond donors (Lipinski definition) is 2. The number of nitrogens with zero attached hydrogens (tertiary/aromatic N) is 1. The van der Waals surface area contributed by atoms with E-state index in [1.807, 2.05) is 6.92 Å². The molecular formula is C12H10Cl3N3. The molecule has 0 amide bonds. The maximum Gasteiger partial charge on any atom is 0.130 e. The van der Waals surface area contributed by atoms with Crippen molar-refractivity contribution >= 4 is 52.0 Å². The first-order valence-electron chi connectivity index (χ1n) is 5.12. The molecule has 3 nitrogen and oxygen atoms in total. The average molecular weight is 303 g/mol. The van der Waals surface area contributed by atoms with Gasteiger partial charge in [-0.05, 0) is 31.2 Å². The number of benzene rings is 1. The lowest BCUT2D eigenvalue weighted by atomic mass is 10.3. The number of anilines is 3. The quantitative estimate of drug-likeness (QED) is 0.847. The summed E-state index contributed by atoms with van der Waals surface area (Å²) in [6.07, 6.45) is 0. The highest BCUT2D eigenvalue weighted by atomic mass is 35.5. The van der Waals surface area contributed by atoms with Gasteiger partial charge in [0.05, 0.1) is 27.1 Å². The molecule has 0 atom stereocenters. The molecule has 0 unspecified atom stereocenters. The second-order valence-electron chi connectivity index (χ2n) is 3.74. The molecule has 0 aliphatic heterocycles. The highest BCUT2D eigenvalue weighted by Crippen LogP contribution is 2.35. The molecular weight excluding hydrogens is 293 g/mol. The van der Waals surface area contributed by atoms with Gasteiger partial charge in [0.15, 0.2) is 0 Å². The number of aromatic nitrogens is 1. The largest absolute Gasteiger partial charge is 0.397 e. The first-order valence-corrected chi connectivity index (χ1v) is 6.25. The van der Waals surface area contributed by atoms with E-state index in [4.69, 9.17) is 40.5 Å². The molecule has 6 heteroatoms. The Morgan fingerprint density at radius 1 is 1.11 bits per heavy atom. The van der Waals surface area contributed by atoms with E-state index >= 15 is 0 Å². The van der Waals surface area contributed by atoms with Gasteiger partial charge in [0.25, 0.3) is 0 Å². The topological polar surface area (TPSA) is 50.9 Å². The molecule has 0 bridgehead atoms. The molecule has 0 aliphatic carbocycles. The zero-order chi connectivity index (χ0) is 13.3. The van der Waals surface area contributed by atoms with E-state index in [9.17, 15) is 0 Å². The molecule has 0 aliphatic rings. The average Bonchev–Trinajstić information content (AvgIpc) is 2.28. The van der Waals surface area contributed by atoms with Crippen molar-refractivity contribution in [1.29, 1.82) is 0 Å². The van der Waals surface area contributed by atoms with Crippen LogP contribution in [0.15, 0.2) is 24.3 Å². The summed E-state index contributed by atoms with van der Waals surface area (Å²) in [6, 6.07) is 6.74. The predicted octanol–water partition coefficient (Wildman–Crippen LogP) is 4.68. The fourth-order valence-corrected chi connectivity index (χ4v) is 2.34. The van der Waals surface area contributed by atoms with Crippen LogP contribution >= 0.6 is 34.8 Å². The standard InChI is InChI=1S/C12H10Cl3N3/c1-6-10(16)2-3-11(17-6)18-12-8(14)4-7(13)5-9(12)15/h2-5H,16H2,1H3,(H,17,18). The number of hydrogen-bond acceptors (Lipinski definition) is 3. The molecule has 3 N–H and O–H groups in total. The van der Waals surface area contributed by atoms with Crippen molar-refractivity contribution in [2.45, 2.75) is 6.92 Å². The molecule has 1 aromatic carbocycles.